The van der Waals surface area contributed by atoms with Gasteiger partial charge in [0.25, 0.3) is 0 Å². The molecule has 7 nitrogen and oxygen atoms in total. The van der Waals surface area contributed by atoms with Crippen LogP contribution < -0.4 is 21.5 Å². The first-order valence-electron chi connectivity index (χ1n) is 8.20. The lowest BCUT2D eigenvalue weighted by Gasteiger charge is -2.12. The largest absolute Gasteiger partial charge is 0.457 e. The molecular formula is C19H19N5O2S. The number of hydrogen-bond donors (Lipinski definition) is 3. The number of nitrogens with two attached hydrogens (primary N) is 2. The van der Waals surface area contributed by atoms with Crippen molar-refractivity contribution in [1.29, 1.82) is 0 Å². The Hall–Kier alpha value is -3.26. The average Bonchev–Trinajstić information content (AvgIpc) is 2.63. The summed E-state index contributed by atoms with van der Waals surface area (Å²) in [6.07, 6.45) is 0. The van der Waals surface area contributed by atoms with Gasteiger partial charge in [0.2, 0.25) is 5.91 Å². The molecule has 0 saturated carbocycles. The molecule has 138 valence electrons. The third-order valence-corrected chi connectivity index (χ3v) is 4.46. The van der Waals surface area contributed by atoms with E-state index in [0.717, 1.165) is 5.75 Å². The van der Waals surface area contributed by atoms with Gasteiger partial charge in [0.05, 0.1) is 5.25 Å². The molecule has 0 saturated heterocycles. The van der Waals surface area contributed by atoms with E-state index >= 15 is 0 Å². The highest BCUT2D eigenvalue weighted by Gasteiger charge is 2.17. The maximum Gasteiger partial charge on any atom is 0.237 e. The van der Waals surface area contributed by atoms with E-state index in [-0.39, 0.29) is 17.5 Å². The normalized spacial score (nSPS) is 11.6. The van der Waals surface area contributed by atoms with Gasteiger partial charge in [-0.05, 0) is 43.3 Å². The summed E-state index contributed by atoms with van der Waals surface area (Å²) in [6, 6.07) is 18.1. The first kappa shape index (κ1) is 18.5. The molecule has 0 fully saturated rings. The maximum absolute atomic E-state index is 12.4. The van der Waals surface area contributed by atoms with Crippen LogP contribution in [-0.4, -0.2) is 21.1 Å². The first-order valence-corrected chi connectivity index (χ1v) is 9.08. The highest BCUT2D eigenvalue weighted by Crippen LogP contribution is 2.25. The van der Waals surface area contributed by atoms with Crippen molar-refractivity contribution in [2.75, 3.05) is 16.8 Å². The third kappa shape index (κ3) is 5.35. The number of hydrogen-bond acceptors (Lipinski definition) is 7. The number of aromatic nitrogens is 2. The van der Waals surface area contributed by atoms with Gasteiger partial charge >= 0.3 is 0 Å². The van der Waals surface area contributed by atoms with Gasteiger partial charge < -0.3 is 21.5 Å². The van der Waals surface area contributed by atoms with Gasteiger partial charge in [-0.15, -0.1) is 0 Å². The van der Waals surface area contributed by atoms with E-state index in [9.17, 15) is 4.79 Å². The Morgan fingerprint density at radius 3 is 2.22 bits per heavy atom. The molecule has 0 aliphatic carbocycles. The number of carbonyl (C=O) groups excluding carboxylic acids is 1. The second-order valence-electron chi connectivity index (χ2n) is 5.69. The lowest BCUT2D eigenvalue weighted by atomic mass is 10.3. The molecule has 3 aromatic rings. The number of nitrogen functional groups attached to an aromatic ring is 2. The van der Waals surface area contributed by atoms with Crippen LogP contribution in [0.2, 0.25) is 0 Å². The van der Waals surface area contributed by atoms with Gasteiger partial charge in [-0.1, -0.05) is 30.0 Å². The molecule has 3 rings (SSSR count). The van der Waals surface area contributed by atoms with E-state index in [1.54, 1.807) is 31.2 Å². The molecule has 2 aromatic carbocycles. The zero-order chi connectivity index (χ0) is 19.2. The Balaban J connectivity index is 1.58. The Bertz CT molecular complexity index is 899. The molecule has 0 aliphatic rings. The maximum atomic E-state index is 12.4. The van der Waals surface area contributed by atoms with Crippen molar-refractivity contribution in [1.82, 2.24) is 9.97 Å². The molecule has 0 aliphatic heterocycles. The number of amides is 1. The number of rotatable bonds is 6. The third-order valence-electron chi connectivity index (χ3n) is 3.50. The van der Waals surface area contributed by atoms with Crippen molar-refractivity contribution in [3.8, 4) is 11.5 Å². The average molecular weight is 381 g/mol. The standard InChI is InChI=1S/C19H19N5O2S/c1-12(27-19-23-16(20)11-17(21)24-19)18(25)22-13-7-9-15(10-8-13)26-14-5-3-2-4-6-14/h2-12H,1H3,(H,22,25)(H4,20,21,23,24). The monoisotopic (exact) mass is 381 g/mol. The minimum atomic E-state index is -0.425. The molecule has 0 spiro atoms. The Labute approximate surface area is 161 Å². The van der Waals surface area contributed by atoms with E-state index in [0.29, 0.717) is 16.6 Å². The minimum Gasteiger partial charge on any atom is -0.457 e. The van der Waals surface area contributed by atoms with Crippen LogP contribution in [0.15, 0.2) is 65.8 Å². The molecule has 1 amide bonds. The Morgan fingerprint density at radius 1 is 1.00 bits per heavy atom. The van der Waals surface area contributed by atoms with Crippen LogP contribution in [0.3, 0.4) is 0 Å². The molecular weight excluding hydrogens is 362 g/mol. The summed E-state index contributed by atoms with van der Waals surface area (Å²) in [4.78, 5) is 20.5. The second-order valence-corrected chi connectivity index (χ2v) is 7.00. The predicted octanol–water partition coefficient (Wildman–Crippen LogP) is 3.55. The molecule has 8 heteroatoms. The molecule has 1 unspecified atom stereocenters. The number of carbonyl (C=O) groups is 1. The molecule has 0 radical (unpaired) electrons. The number of anilines is 3. The number of nitrogens with one attached hydrogen (secondary N) is 1. The van der Waals surface area contributed by atoms with Crippen LogP contribution in [0.5, 0.6) is 11.5 Å². The van der Waals surface area contributed by atoms with Crippen molar-refractivity contribution >= 4 is 35.0 Å². The summed E-state index contributed by atoms with van der Waals surface area (Å²) < 4.78 is 5.73. The number of para-hydroxylation sites is 1. The van der Waals surface area contributed by atoms with E-state index in [4.69, 9.17) is 16.2 Å². The van der Waals surface area contributed by atoms with Crippen molar-refractivity contribution in [2.45, 2.75) is 17.3 Å². The molecule has 1 aromatic heterocycles. The topological polar surface area (TPSA) is 116 Å². The Kier molecular flexibility index (Phi) is 5.77. The van der Waals surface area contributed by atoms with Crippen molar-refractivity contribution < 1.29 is 9.53 Å². The number of ether oxygens (including phenoxy) is 1. The van der Waals surface area contributed by atoms with Crippen molar-refractivity contribution in [3.05, 3.63) is 60.7 Å². The highest BCUT2D eigenvalue weighted by atomic mass is 32.2. The number of thioether (sulfide) groups is 1. The van der Waals surface area contributed by atoms with Gasteiger partial charge in [0.15, 0.2) is 5.16 Å². The second kappa shape index (κ2) is 8.41. The highest BCUT2D eigenvalue weighted by molar-refractivity contribution is 8.00. The molecule has 1 heterocycles. The fraction of sp³-hybridized carbons (Fsp3) is 0.105. The van der Waals surface area contributed by atoms with Crippen LogP contribution in [-0.2, 0) is 4.79 Å². The van der Waals surface area contributed by atoms with Crippen molar-refractivity contribution in [3.63, 3.8) is 0 Å². The molecule has 0 bridgehead atoms. The van der Waals surface area contributed by atoms with E-state index in [2.05, 4.69) is 15.3 Å². The van der Waals surface area contributed by atoms with Gasteiger partial charge in [0.1, 0.15) is 23.1 Å². The lowest BCUT2D eigenvalue weighted by Crippen LogP contribution is -2.22. The molecule has 5 N–H and O–H groups in total. The lowest BCUT2D eigenvalue weighted by molar-refractivity contribution is -0.115. The van der Waals surface area contributed by atoms with Crippen LogP contribution in [0.4, 0.5) is 17.3 Å². The van der Waals surface area contributed by atoms with Crippen LogP contribution >= 0.6 is 11.8 Å². The first-order chi connectivity index (χ1) is 13.0. The van der Waals surface area contributed by atoms with Gasteiger partial charge in [-0.3, -0.25) is 4.79 Å². The predicted molar refractivity (Wildman–Crippen MR) is 108 cm³/mol. The smallest absolute Gasteiger partial charge is 0.237 e. The van der Waals surface area contributed by atoms with E-state index < -0.39 is 5.25 Å². The molecule has 27 heavy (non-hydrogen) atoms. The summed E-state index contributed by atoms with van der Waals surface area (Å²) in [7, 11) is 0. The SMILES string of the molecule is CC(Sc1nc(N)cc(N)n1)C(=O)Nc1ccc(Oc2ccccc2)cc1. The molecule has 1 atom stereocenters. The number of nitrogens with zero attached hydrogens (tertiary/aromatic N) is 2. The summed E-state index contributed by atoms with van der Waals surface area (Å²) in [5.74, 6) is 1.80. The quantitative estimate of drug-likeness (QED) is 0.441. The van der Waals surface area contributed by atoms with Crippen LogP contribution in [0.25, 0.3) is 0 Å². The Morgan fingerprint density at radius 2 is 1.59 bits per heavy atom. The fourth-order valence-electron chi connectivity index (χ4n) is 2.20. The summed E-state index contributed by atoms with van der Waals surface area (Å²) >= 11 is 1.19. The van der Waals surface area contributed by atoms with Gasteiger partial charge in [0, 0.05) is 11.8 Å². The summed E-state index contributed by atoms with van der Waals surface area (Å²) in [5, 5.41) is 2.79. The van der Waals surface area contributed by atoms with Gasteiger partial charge in [-0.2, -0.15) is 0 Å². The van der Waals surface area contributed by atoms with E-state index in [1.807, 2.05) is 30.3 Å². The van der Waals surface area contributed by atoms with Crippen molar-refractivity contribution in [2.24, 2.45) is 0 Å². The van der Waals surface area contributed by atoms with E-state index in [1.165, 1.54) is 17.8 Å². The minimum absolute atomic E-state index is 0.179. The number of benzene rings is 2. The summed E-state index contributed by atoms with van der Waals surface area (Å²) in [6.45, 7) is 1.76. The fourth-order valence-corrected chi connectivity index (χ4v) is 3.00. The van der Waals surface area contributed by atoms with Gasteiger partial charge in [-0.25, -0.2) is 9.97 Å². The van der Waals surface area contributed by atoms with Crippen LogP contribution in [0, 0.1) is 0 Å². The zero-order valence-electron chi connectivity index (χ0n) is 14.6. The zero-order valence-corrected chi connectivity index (χ0v) is 15.4. The summed E-state index contributed by atoms with van der Waals surface area (Å²) in [5.41, 5.74) is 12.0. The van der Waals surface area contributed by atoms with Crippen LogP contribution in [0.1, 0.15) is 6.92 Å².